The summed E-state index contributed by atoms with van der Waals surface area (Å²) in [5, 5.41) is 0. The molecule has 17 heavy (non-hydrogen) atoms. The lowest BCUT2D eigenvalue weighted by atomic mass is 9.63. The van der Waals surface area contributed by atoms with Crippen molar-refractivity contribution < 1.29 is 0 Å². The second-order valence-corrected chi connectivity index (χ2v) is 7.28. The molecule has 4 atom stereocenters. The van der Waals surface area contributed by atoms with E-state index in [4.69, 9.17) is 5.73 Å². The first-order valence-electron chi connectivity index (χ1n) is 7.62. The predicted octanol–water partition coefficient (Wildman–Crippen LogP) is 4.60. The van der Waals surface area contributed by atoms with E-state index in [-0.39, 0.29) is 0 Å². The van der Waals surface area contributed by atoms with Gasteiger partial charge in [0.05, 0.1) is 0 Å². The highest BCUT2D eigenvalue weighted by molar-refractivity contribution is 4.90. The van der Waals surface area contributed by atoms with E-state index >= 15 is 0 Å². The summed E-state index contributed by atoms with van der Waals surface area (Å²) in [6.07, 6.45) is 7.97. The summed E-state index contributed by atoms with van der Waals surface area (Å²) in [5.41, 5.74) is 6.83. The van der Waals surface area contributed by atoms with Crippen LogP contribution in [0.3, 0.4) is 0 Å². The standard InChI is InChI=1S/C16H33N/c1-6-7-13(3)11-16(4,5)14-9-8-12(2)10-15(14)17/h12-15H,6-11,17H2,1-5H3. The Morgan fingerprint density at radius 2 is 1.94 bits per heavy atom. The van der Waals surface area contributed by atoms with Gasteiger partial charge in [-0.2, -0.15) is 0 Å². The quantitative estimate of drug-likeness (QED) is 0.745. The van der Waals surface area contributed by atoms with Crippen molar-refractivity contribution in [1.29, 1.82) is 0 Å². The third kappa shape index (κ3) is 4.28. The second-order valence-electron chi connectivity index (χ2n) is 7.28. The molecule has 0 aromatic heterocycles. The van der Waals surface area contributed by atoms with Crippen LogP contribution in [0.2, 0.25) is 0 Å². The van der Waals surface area contributed by atoms with Crippen LogP contribution in [0.25, 0.3) is 0 Å². The van der Waals surface area contributed by atoms with Gasteiger partial charge in [0.15, 0.2) is 0 Å². The Labute approximate surface area is 109 Å². The van der Waals surface area contributed by atoms with Gasteiger partial charge in [-0.25, -0.2) is 0 Å². The van der Waals surface area contributed by atoms with E-state index in [1.807, 2.05) is 0 Å². The number of hydrogen-bond acceptors (Lipinski definition) is 1. The Morgan fingerprint density at radius 3 is 2.47 bits per heavy atom. The van der Waals surface area contributed by atoms with Crippen LogP contribution in [0.1, 0.15) is 73.1 Å². The Hall–Kier alpha value is -0.0400. The van der Waals surface area contributed by atoms with Crippen molar-refractivity contribution in [1.82, 2.24) is 0 Å². The van der Waals surface area contributed by atoms with Crippen molar-refractivity contribution in [2.45, 2.75) is 79.2 Å². The summed E-state index contributed by atoms with van der Waals surface area (Å²) >= 11 is 0. The molecule has 0 spiro atoms. The fourth-order valence-electron chi connectivity index (χ4n) is 4.04. The average molecular weight is 239 g/mol. The van der Waals surface area contributed by atoms with E-state index in [0.29, 0.717) is 11.5 Å². The minimum atomic E-state index is 0.425. The van der Waals surface area contributed by atoms with Gasteiger partial charge in [-0.15, -0.1) is 0 Å². The number of nitrogens with two attached hydrogens (primary N) is 1. The molecule has 0 amide bonds. The Bertz CT molecular complexity index is 222. The molecule has 1 nitrogen and oxygen atoms in total. The van der Waals surface area contributed by atoms with Crippen molar-refractivity contribution >= 4 is 0 Å². The lowest BCUT2D eigenvalue weighted by molar-refractivity contribution is 0.0883. The third-order valence-electron chi connectivity index (χ3n) is 4.82. The van der Waals surface area contributed by atoms with E-state index in [1.54, 1.807) is 0 Å². The molecular formula is C16H33N. The molecule has 1 aliphatic carbocycles. The monoisotopic (exact) mass is 239 g/mol. The van der Waals surface area contributed by atoms with Crippen LogP contribution >= 0.6 is 0 Å². The van der Waals surface area contributed by atoms with Gasteiger partial charge >= 0.3 is 0 Å². The van der Waals surface area contributed by atoms with Crippen LogP contribution in [0.5, 0.6) is 0 Å². The molecule has 2 N–H and O–H groups in total. The first-order chi connectivity index (χ1) is 7.86. The van der Waals surface area contributed by atoms with Gasteiger partial charge < -0.3 is 5.73 Å². The van der Waals surface area contributed by atoms with Gasteiger partial charge in [-0.1, -0.05) is 53.9 Å². The highest BCUT2D eigenvalue weighted by Crippen LogP contribution is 2.43. The molecular weight excluding hydrogens is 206 g/mol. The second kappa shape index (κ2) is 6.22. The Morgan fingerprint density at radius 1 is 1.29 bits per heavy atom. The van der Waals surface area contributed by atoms with Crippen molar-refractivity contribution in [3.8, 4) is 0 Å². The normalized spacial score (nSPS) is 32.5. The van der Waals surface area contributed by atoms with E-state index in [1.165, 1.54) is 38.5 Å². The molecule has 102 valence electrons. The molecule has 0 radical (unpaired) electrons. The molecule has 1 aliphatic rings. The zero-order chi connectivity index (χ0) is 13.1. The summed E-state index contributed by atoms with van der Waals surface area (Å²) in [5.74, 6) is 2.42. The Balaban J connectivity index is 2.56. The maximum atomic E-state index is 6.41. The third-order valence-corrected chi connectivity index (χ3v) is 4.82. The lowest BCUT2D eigenvalue weighted by Crippen LogP contribution is -2.44. The van der Waals surface area contributed by atoms with Crippen LogP contribution in [0.15, 0.2) is 0 Å². The fourth-order valence-corrected chi connectivity index (χ4v) is 4.04. The highest BCUT2D eigenvalue weighted by atomic mass is 14.7. The van der Waals surface area contributed by atoms with Crippen molar-refractivity contribution in [3.63, 3.8) is 0 Å². The van der Waals surface area contributed by atoms with Crippen LogP contribution < -0.4 is 5.73 Å². The maximum absolute atomic E-state index is 6.41. The van der Waals surface area contributed by atoms with Gasteiger partial charge in [-0.3, -0.25) is 0 Å². The largest absolute Gasteiger partial charge is 0.327 e. The molecule has 1 fully saturated rings. The van der Waals surface area contributed by atoms with E-state index in [2.05, 4.69) is 34.6 Å². The summed E-state index contributed by atoms with van der Waals surface area (Å²) in [6, 6.07) is 0.433. The van der Waals surface area contributed by atoms with Crippen LogP contribution in [0, 0.1) is 23.2 Å². The Kier molecular flexibility index (Phi) is 5.50. The van der Waals surface area contributed by atoms with E-state index in [9.17, 15) is 0 Å². The van der Waals surface area contributed by atoms with Gasteiger partial charge in [0.1, 0.15) is 0 Å². The minimum Gasteiger partial charge on any atom is -0.327 e. The van der Waals surface area contributed by atoms with Gasteiger partial charge in [0.25, 0.3) is 0 Å². The van der Waals surface area contributed by atoms with Crippen LogP contribution in [-0.4, -0.2) is 6.04 Å². The topological polar surface area (TPSA) is 26.0 Å². The predicted molar refractivity (Wildman–Crippen MR) is 77.0 cm³/mol. The molecule has 0 heterocycles. The van der Waals surface area contributed by atoms with Crippen molar-refractivity contribution in [2.75, 3.05) is 0 Å². The van der Waals surface area contributed by atoms with Crippen LogP contribution in [-0.2, 0) is 0 Å². The van der Waals surface area contributed by atoms with E-state index in [0.717, 1.165) is 17.8 Å². The summed E-state index contributed by atoms with van der Waals surface area (Å²) in [4.78, 5) is 0. The minimum absolute atomic E-state index is 0.425. The van der Waals surface area contributed by atoms with Gasteiger partial charge in [0.2, 0.25) is 0 Å². The number of hydrogen-bond donors (Lipinski definition) is 1. The zero-order valence-electron chi connectivity index (χ0n) is 12.6. The molecule has 0 aliphatic heterocycles. The smallest absolute Gasteiger partial charge is 0.00747 e. The number of rotatable bonds is 5. The summed E-state index contributed by atoms with van der Waals surface area (Å²) in [6.45, 7) is 11.9. The maximum Gasteiger partial charge on any atom is 0.00747 e. The van der Waals surface area contributed by atoms with Gasteiger partial charge in [0, 0.05) is 6.04 Å². The molecule has 4 unspecified atom stereocenters. The molecule has 0 bridgehead atoms. The summed E-state index contributed by atoms with van der Waals surface area (Å²) < 4.78 is 0. The van der Waals surface area contributed by atoms with Crippen molar-refractivity contribution in [3.05, 3.63) is 0 Å². The molecule has 0 aromatic rings. The molecule has 0 saturated heterocycles. The molecule has 1 heteroatoms. The van der Waals surface area contributed by atoms with Crippen molar-refractivity contribution in [2.24, 2.45) is 28.9 Å². The molecule has 1 saturated carbocycles. The van der Waals surface area contributed by atoms with Gasteiger partial charge in [-0.05, 0) is 42.4 Å². The first-order valence-corrected chi connectivity index (χ1v) is 7.62. The molecule has 1 rings (SSSR count). The first kappa shape index (κ1) is 15.0. The highest BCUT2D eigenvalue weighted by Gasteiger charge is 2.37. The molecule has 0 aromatic carbocycles. The van der Waals surface area contributed by atoms with E-state index < -0.39 is 0 Å². The fraction of sp³-hybridized carbons (Fsp3) is 1.00. The lowest BCUT2D eigenvalue weighted by Gasteiger charge is -2.44. The zero-order valence-corrected chi connectivity index (χ0v) is 12.6. The SMILES string of the molecule is CCCC(C)CC(C)(C)C1CCC(C)CC1N. The summed E-state index contributed by atoms with van der Waals surface area (Å²) in [7, 11) is 0. The van der Waals surface area contributed by atoms with Crippen LogP contribution in [0.4, 0.5) is 0 Å². The average Bonchev–Trinajstić information content (AvgIpc) is 2.15.